The molecule has 0 radical (unpaired) electrons. The lowest BCUT2D eigenvalue weighted by molar-refractivity contribution is 0.0112. The van der Waals surface area contributed by atoms with Gasteiger partial charge in [0, 0.05) is 0 Å². The first-order valence-corrected chi connectivity index (χ1v) is 4.90. The first-order valence-electron chi connectivity index (χ1n) is 4.90. The first-order chi connectivity index (χ1) is 5.81. The van der Waals surface area contributed by atoms with Gasteiger partial charge < -0.3 is 16.2 Å². The minimum absolute atomic E-state index is 0.0649. The van der Waals surface area contributed by atoms with E-state index in [2.05, 4.69) is 5.32 Å². The molecule has 1 saturated carbocycles. The van der Waals surface area contributed by atoms with Crippen molar-refractivity contribution < 1.29 is 5.11 Å². The maximum absolute atomic E-state index is 9.56. The Balaban J connectivity index is 2.06. The van der Waals surface area contributed by atoms with Gasteiger partial charge in [-0.1, -0.05) is 0 Å². The second kappa shape index (κ2) is 3.32. The Morgan fingerprint density at radius 2 is 1.83 bits per heavy atom. The number of nitrogens with one attached hydrogen (secondary N) is 1. The fourth-order valence-electron chi connectivity index (χ4n) is 2.84. The van der Waals surface area contributed by atoms with E-state index in [1.54, 1.807) is 0 Å². The van der Waals surface area contributed by atoms with Crippen LogP contribution in [0.15, 0.2) is 0 Å². The molecule has 0 aromatic heterocycles. The van der Waals surface area contributed by atoms with E-state index in [1.807, 2.05) is 0 Å². The van der Waals surface area contributed by atoms with Gasteiger partial charge in [0.25, 0.3) is 0 Å². The third-order valence-electron chi connectivity index (χ3n) is 3.45. The standard InChI is InChI=1S/C9H18N2O/c10-3-9-6-1-8(12)2-7(9)5-11-4-6/h6-9,11-12H,1-5,10H2. The molecule has 3 heteroatoms. The zero-order valence-corrected chi connectivity index (χ0v) is 7.37. The van der Waals surface area contributed by atoms with Crippen molar-refractivity contribution >= 4 is 0 Å². The summed E-state index contributed by atoms with van der Waals surface area (Å²) in [4.78, 5) is 0. The number of fused-ring (bicyclic) bond motifs is 2. The zero-order valence-electron chi connectivity index (χ0n) is 7.37. The highest BCUT2D eigenvalue weighted by Gasteiger charge is 2.38. The summed E-state index contributed by atoms with van der Waals surface area (Å²) in [6, 6.07) is 0. The largest absolute Gasteiger partial charge is 0.393 e. The predicted molar refractivity (Wildman–Crippen MR) is 47.6 cm³/mol. The van der Waals surface area contributed by atoms with Crippen LogP contribution in [0.3, 0.4) is 0 Å². The van der Waals surface area contributed by atoms with Crippen LogP contribution in [0.4, 0.5) is 0 Å². The Bertz CT molecular complexity index is 149. The van der Waals surface area contributed by atoms with Gasteiger partial charge in [-0.25, -0.2) is 0 Å². The summed E-state index contributed by atoms with van der Waals surface area (Å²) in [6.45, 7) is 2.90. The molecule has 2 bridgehead atoms. The molecule has 2 aliphatic rings. The normalized spacial score (nSPS) is 47.5. The van der Waals surface area contributed by atoms with Gasteiger partial charge in [0.15, 0.2) is 0 Å². The molecule has 2 unspecified atom stereocenters. The molecule has 3 nitrogen and oxygen atoms in total. The molecule has 2 atom stereocenters. The minimum atomic E-state index is -0.0649. The molecule has 1 saturated heterocycles. The molecule has 1 aliphatic carbocycles. The third-order valence-corrected chi connectivity index (χ3v) is 3.45. The van der Waals surface area contributed by atoms with Crippen LogP contribution in [-0.2, 0) is 0 Å². The van der Waals surface area contributed by atoms with Crippen molar-refractivity contribution in [3.05, 3.63) is 0 Å². The van der Waals surface area contributed by atoms with Crippen LogP contribution in [0, 0.1) is 17.8 Å². The highest BCUT2D eigenvalue weighted by atomic mass is 16.3. The van der Waals surface area contributed by atoms with E-state index in [4.69, 9.17) is 5.73 Å². The van der Waals surface area contributed by atoms with Gasteiger partial charge in [-0.2, -0.15) is 0 Å². The molecular formula is C9H18N2O. The number of hydrogen-bond acceptors (Lipinski definition) is 3. The fourth-order valence-corrected chi connectivity index (χ4v) is 2.84. The molecule has 0 aromatic carbocycles. The molecule has 2 rings (SSSR count). The van der Waals surface area contributed by atoms with E-state index in [0.717, 1.165) is 32.5 Å². The van der Waals surface area contributed by atoms with E-state index in [9.17, 15) is 5.11 Å². The Morgan fingerprint density at radius 1 is 1.25 bits per heavy atom. The maximum atomic E-state index is 9.56. The molecule has 4 N–H and O–H groups in total. The SMILES string of the molecule is NCC1C2CNCC1CC(O)C2. The lowest BCUT2D eigenvalue weighted by atomic mass is 9.68. The number of nitrogens with two attached hydrogens (primary N) is 1. The van der Waals surface area contributed by atoms with Crippen molar-refractivity contribution in [2.75, 3.05) is 19.6 Å². The molecule has 0 aromatic rings. The van der Waals surface area contributed by atoms with E-state index < -0.39 is 0 Å². The Kier molecular flexibility index (Phi) is 2.35. The molecule has 1 heterocycles. The van der Waals surface area contributed by atoms with Crippen molar-refractivity contribution in [2.45, 2.75) is 18.9 Å². The molecule has 70 valence electrons. The van der Waals surface area contributed by atoms with Crippen LogP contribution >= 0.6 is 0 Å². The van der Waals surface area contributed by atoms with Crippen LogP contribution in [-0.4, -0.2) is 30.8 Å². The summed E-state index contributed by atoms with van der Waals surface area (Å²) in [6.07, 6.45) is 1.83. The minimum Gasteiger partial charge on any atom is -0.393 e. The smallest absolute Gasteiger partial charge is 0.0546 e. The quantitative estimate of drug-likeness (QED) is 0.499. The highest BCUT2D eigenvalue weighted by Crippen LogP contribution is 2.36. The van der Waals surface area contributed by atoms with Gasteiger partial charge in [0.05, 0.1) is 6.10 Å². The molecule has 1 aliphatic heterocycles. The van der Waals surface area contributed by atoms with Crippen LogP contribution in [0.5, 0.6) is 0 Å². The van der Waals surface area contributed by atoms with Gasteiger partial charge in [-0.05, 0) is 50.2 Å². The van der Waals surface area contributed by atoms with Crippen LogP contribution in [0.25, 0.3) is 0 Å². The predicted octanol–water partition coefficient (Wildman–Crippen LogP) is -0.448. The molecule has 0 amide bonds. The Labute approximate surface area is 73.3 Å². The monoisotopic (exact) mass is 170 g/mol. The first kappa shape index (κ1) is 8.48. The molecule has 2 fully saturated rings. The Morgan fingerprint density at radius 3 is 2.33 bits per heavy atom. The summed E-state index contributed by atoms with van der Waals surface area (Å²) in [5.74, 6) is 1.91. The van der Waals surface area contributed by atoms with Crippen molar-refractivity contribution in [1.82, 2.24) is 5.32 Å². The Hall–Kier alpha value is -0.120. The third kappa shape index (κ3) is 1.37. The van der Waals surface area contributed by atoms with Gasteiger partial charge >= 0.3 is 0 Å². The summed E-state index contributed by atoms with van der Waals surface area (Å²) in [5, 5.41) is 13.0. The molecule has 12 heavy (non-hydrogen) atoms. The highest BCUT2D eigenvalue weighted by molar-refractivity contribution is 4.92. The molecular weight excluding hydrogens is 152 g/mol. The van der Waals surface area contributed by atoms with Gasteiger partial charge in [-0.3, -0.25) is 0 Å². The number of piperidine rings is 1. The van der Waals surface area contributed by atoms with Crippen molar-refractivity contribution in [3.63, 3.8) is 0 Å². The lowest BCUT2D eigenvalue weighted by Crippen LogP contribution is -2.51. The number of aliphatic hydroxyl groups excluding tert-OH is 1. The second-order valence-corrected chi connectivity index (χ2v) is 4.20. The van der Waals surface area contributed by atoms with Gasteiger partial charge in [-0.15, -0.1) is 0 Å². The average Bonchev–Trinajstić information content (AvgIpc) is 2.02. The number of hydrogen-bond donors (Lipinski definition) is 3. The fraction of sp³-hybridized carbons (Fsp3) is 1.00. The summed E-state index contributed by atoms with van der Waals surface area (Å²) in [7, 11) is 0. The lowest BCUT2D eigenvalue weighted by Gasteiger charge is -2.44. The van der Waals surface area contributed by atoms with Crippen molar-refractivity contribution in [1.29, 1.82) is 0 Å². The maximum Gasteiger partial charge on any atom is 0.0546 e. The summed E-state index contributed by atoms with van der Waals surface area (Å²) in [5.41, 5.74) is 5.73. The van der Waals surface area contributed by atoms with Crippen LogP contribution in [0.2, 0.25) is 0 Å². The van der Waals surface area contributed by atoms with Crippen molar-refractivity contribution in [2.24, 2.45) is 23.5 Å². The number of aliphatic hydroxyl groups is 1. The average molecular weight is 170 g/mol. The molecule has 0 spiro atoms. The zero-order chi connectivity index (χ0) is 8.55. The van der Waals surface area contributed by atoms with E-state index in [0.29, 0.717) is 17.8 Å². The van der Waals surface area contributed by atoms with Gasteiger partial charge in [0.1, 0.15) is 0 Å². The van der Waals surface area contributed by atoms with E-state index in [-0.39, 0.29) is 6.10 Å². The van der Waals surface area contributed by atoms with Gasteiger partial charge in [0.2, 0.25) is 0 Å². The van der Waals surface area contributed by atoms with Crippen molar-refractivity contribution in [3.8, 4) is 0 Å². The van der Waals surface area contributed by atoms with Crippen LogP contribution < -0.4 is 11.1 Å². The van der Waals surface area contributed by atoms with Crippen LogP contribution in [0.1, 0.15) is 12.8 Å². The summed E-state index contributed by atoms with van der Waals surface area (Å²) >= 11 is 0. The summed E-state index contributed by atoms with van der Waals surface area (Å²) < 4.78 is 0. The topological polar surface area (TPSA) is 58.3 Å². The second-order valence-electron chi connectivity index (χ2n) is 4.20. The van der Waals surface area contributed by atoms with E-state index in [1.165, 1.54) is 0 Å². The number of rotatable bonds is 1. The van der Waals surface area contributed by atoms with E-state index >= 15 is 0 Å².